The molecule has 0 nitrogen and oxygen atoms in total. The van der Waals surface area contributed by atoms with Crippen LogP contribution in [0.15, 0.2) is 105 Å². The molecule has 182 valence electrons. The summed E-state index contributed by atoms with van der Waals surface area (Å²) in [5, 5.41) is 0. The van der Waals surface area contributed by atoms with Gasteiger partial charge in [-0.05, 0) is 94.5 Å². The normalized spacial score (nSPS) is 17.4. The second kappa shape index (κ2) is 9.26. The van der Waals surface area contributed by atoms with E-state index in [4.69, 9.17) is 0 Å². The Morgan fingerprint density at radius 2 is 0.946 bits per heavy atom. The molecule has 0 aliphatic heterocycles. The highest BCUT2D eigenvalue weighted by Crippen LogP contribution is 2.56. The Bertz CT molecular complexity index is 1450. The van der Waals surface area contributed by atoms with Crippen LogP contribution in [0.2, 0.25) is 0 Å². The number of hydrogen-bond donors (Lipinski definition) is 0. The van der Waals surface area contributed by atoms with Gasteiger partial charge >= 0.3 is 0 Å². The maximum absolute atomic E-state index is 3.59. The lowest BCUT2D eigenvalue weighted by atomic mass is 9.71. The molecule has 1 fully saturated rings. The fraction of sp³-hybridized carbons (Fsp3) is 0.200. The number of allylic oxidation sites excluding steroid dienone is 2. The van der Waals surface area contributed by atoms with Gasteiger partial charge in [-0.15, -0.1) is 0 Å². The maximum Gasteiger partial charge on any atom is 0.0175 e. The third-order valence-corrected chi connectivity index (χ3v) is 9.85. The van der Waals surface area contributed by atoms with Crippen LogP contribution in [0.1, 0.15) is 47.9 Å². The molecular weight excluding hydrogens is 580 g/mol. The van der Waals surface area contributed by atoms with E-state index in [1.165, 1.54) is 70.2 Å². The van der Waals surface area contributed by atoms with Crippen molar-refractivity contribution in [2.75, 3.05) is 0 Å². The van der Waals surface area contributed by atoms with Crippen molar-refractivity contribution in [2.24, 2.45) is 5.41 Å². The highest BCUT2D eigenvalue weighted by atomic mass is 79.9. The van der Waals surface area contributed by atoms with Gasteiger partial charge in [0, 0.05) is 14.4 Å². The first-order valence-electron chi connectivity index (χ1n) is 13.3. The third kappa shape index (κ3) is 4.01. The standard InChI is InChI=1S/C35H28Br2/c36-29-13-9-23(10-14-29)31-7-3-5-25-19-27(21-33(25)31)35(17-1-2-18-35)28-20-26-6-4-8-32(34(26)22-28)24-11-15-30(37)16-12-24/h3-16,21-22H,1-2,17-20H2. The number of rotatable bonds is 4. The molecule has 0 unspecified atom stereocenters. The SMILES string of the molecule is Brc1ccc(-c2cccc3c2C=C(C2(C4=Cc5c(cccc5-c5ccc(Br)cc5)C4)CCCC2)C3)cc1. The highest BCUT2D eigenvalue weighted by molar-refractivity contribution is 9.10. The minimum atomic E-state index is 0.187. The molecule has 0 N–H and O–H groups in total. The quantitative estimate of drug-likeness (QED) is 0.216. The third-order valence-electron chi connectivity index (χ3n) is 8.79. The first kappa shape index (κ1) is 23.4. The van der Waals surface area contributed by atoms with Crippen LogP contribution in [0.4, 0.5) is 0 Å². The molecule has 1 saturated carbocycles. The van der Waals surface area contributed by atoms with Gasteiger partial charge in [-0.25, -0.2) is 0 Å². The monoisotopic (exact) mass is 606 g/mol. The number of fused-ring (bicyclic) bond motifs is 2. The van der Waals surface area contributed by atoms with Gasteiger partial charge in [-0.1, -0.05) is 129 Å². The van der Waals surface area contributed by atoms with Crippen molar-refractivity contribution in [3.8, 4) is 22.3 Å². The Balaban J connectivity index is 1.30. The largest absolute Gasteiger partial charge is 0.0613 e. The van der Waals surface area contributed by atoms with Crippen LogP contribution in [-0.2, 0) is 12.8 Å². The van der Waals surface area contributed by atoms with Crippen LogP contribution in [0.5, 0.6) is 0 Å². The fourth-order valence-corrected chi connectivity index (χ4v) is 7.47. The van der Waals surface area contributed by atoms with E-state index in [9.17, 15) is 0 Å². The number of benzene rings is 4. The van der Waals surface area contributed by atoms with Crippen molar-refractivity contribution in [3.63, 3.8) is 0 Å². The molecule has 0 aromatic heterocycles. The van der Waals surface area contributed by atoms with Crippen LogP contribution in [0.3, 0.4) is 0 Å². The lowest BCUT2D eigenvalue weighted by Crippen LogP contribution is -2.22. The molecule has 7 rings (SSSR count). The van der Waals surface area contributed by atoms with Crippen LogP contribution < -0.4 is 0 Å². The summed E-state index contributed by atoms with van der Waals surface area (Å²) in [6.45, 7) is 0. The van der Waals surface area contributed by atoms with E-state index in [1.807, 2.05) is 0 Å². The van der Waals surface area contributed by atoms with E-state index in [-0.39, 0.29) is 5.41 Å². The van der Waals surface area contributed by atoms with Crippen molar-refractivity contribution in [1.82, 2.24) is 0 Å². The molecule has 0 saturated heterocycles. The van der Waals surface area contributed by atoms with Gasteiger partial charge in [0.1, 0.15) is 0 Å². The van der Waals surface area contributed by atoms with Gasteiger partial charge in [-0.2, -0.15) is 0 Å². The minimum absolute atomic E-state index is 0.187. The molecule has 2 heteroatoms. The van der Waals surface area contributed by atoms with E-state index < -0.39 is 0 Å². The highest BCUT2D eigenvalue weighted by Gasteiger charge is 2.43. The summed E-state index contributed by atoms with van der Waals surface area (Å²) in [6, 6.07) is 31.3. The summed E-state index contributed by atoms with van der Waals surface area (Å²) in [5.41, 5.74) is 14.6. The van der Waals surface area contributed by atoms with Gasteiger partial charge < -0.3 is 0 Å². The summed E-state index contributed by atoms with van der Waals surface area (Å²) < 4.78 is 2.25. The molecule has 0 heterocycles. The van der Waals surface area contributed by atoms with Crippen LogP contribution in [0.25, 0.3) is 34.4 Å². The van der Waals surface area contributed by atoms with E-state index in [1.54, 1.807) is 11.1 Å². The predicted molar refractivity (Wildman–Crippen MR) is 163 cm³/mol. The van der Waals surface area contributed by atoms with Gasteiger partial charge in [-0.3, -0.25) is 0 Å². The Morgan fingerprint density at radius 1 is 0.514 bits per heavy atom. The topological polar surface area (TPSA) is 0 Å². The number of halogens is 2. The Kier molecular flexibility index (Phi) is 5.86. The van der Waals surface area contributed by atoms with Crippen molar-refractivity contribution >= 4 is 44.0 Å². The molecule has 37 heavy (non-hydrogen) atoms. The van der Waals surface area contributed by atoms with Crippen LogP contribution >= 0.6 is 31.9 Å². The Labute approximate surface area is 236 Å². The minimum Gasteiger partial charge on any atom is -0.0613 e. The molecule has 3 aliphatic carbocycles. The maximum atomic E-state index is 3.59. The van der Waals surface area contributed by atoms with Gasteiger partial charge in [0.2, 0.25) is 0 Å². The van der Waals surface area contributed by atoms with Crippen molar-refractivity contribution in [2.45, 2.75) is 38.5 Å². The van der Waals surface area contributed by atoms with Crippen LogP contribution in [-0.4, -0.2) is 0 Å². The fourth-order valence-electron chi connectivity index (χ4n) is 6.94. The van der Waals surface area contributed by atoms with Gasteiger partial charge in [0.15, 0.2) is 0 Å². The lowest BCUT2D eigenvalue weighted by Gasteiger charge is -2.33. The van der Waals surface area contributed by atoms with Crippen LogP contribution in [0, 0.1) is 5.41 Å². The second-order valence-electron chi connectivity index (χ2n) is 10.8. The lowest BCUT2D eigenvalue weighted by molar-refractivity contribution is 0.437. The zero-order chi connectivity index (χ0) is 25.0. The first-order valence-corrected chi connectivity index (χ1v) is 14.9. The molecule has 0 amide bonds. The molecule has 0 bridgehead atoms. The second-order valence-corrected chi connectivity index (χ2v) is 12.6. The van der Waals surface area contributed by atoms with Crippen molar-refractivity contribution < 1.29 is 0 Å². The Hall–Kier alpha value is -2.68. The average Bonchev–Trinajstić information content (AvgIpc) is 3.67. The Morgan fingerprint density at radius 3 is 1.38 bits per heavy atom. The van der Waals surface area contributed by atoms with E-state index in [2.05, 4.69) is 129 Å². The van der Waals surface area contributed by atoms with E-state index in [0.29, 0.717) is 0 Å². The molecule has 0 atom stereocenters. The molecule has 4 aromatic rings. The summed E-state index contributed by atoms with van der Waals surface area (Å²) in [6.07, 6.45) is 12.5. The molecule has 0 radical (unpaired) electrons. The number of hydrogen-bond acceptors (Lipinski definition) is 0. The summed E-state index contributed by atoms with van der Waals surface area (Å²) in [7, 11) is 0. The summed E-state index contributed by atoms with van der Waals surface area (Å²) in [5.74, 6) is 0. The summed E-state index contributed by atoms with van der Waals surface area (Å²) >= 11 is 7.19. The molecular formula is C35H28Br2. The van der Waals surface area contributed by atoms with Crippen molar-refractivity contribution in [3.05, 3.63) is 127 Å². The first-order chi connectivity index (χ1) is 18.1. The molecule has 3 aliphatic rings. The van der Waals surface area contributed by atoms with Gasteiger partial charge in [0.05, 0.1) is 0 Å². The van der Waals surface area contributed by atoms with E-state index >= 15 is 0 Å². The zero-order valence-electron chi connectivity index (χ0n) is 20.7. The van der Waals surface area contributed by atoms with Crippen molar-refractivity contribution in [1.29, 1.82) is 0 Å². The zero-order valence-corrected chi connectivity index (χ0v) is 23.9. The molecule has 4 aromatic carbocycles. The van der Waals surface area contributed by atoms with E-state index in [0.717, 1.165) is 21.8 Å². The summed E-state index contributed by atoms with van der Waals surface area (Å²) in [4.78, 5) is 0. The average molecular weight is 608 g/mol. The predicted octanol–water partition coefficient (Wildman–Crippen LogP) is 10.7. The molecule has 0 spiro atoms. The smallest absolute Gasteiger partial charge is 0.0175 e. The van der Waals surface area contributed by atoms with Gasteiger partial charge in [0.25, 0.3) is 0 Å².